The summed E-state index contributed by atoms with van der Waals surface area (Å²) in [7, 11) is 0. The molecule has 0 unspecified atom stereocenters. The number of hydrogen-bond acceptors (Lipinski definition) is 4. The van der Waals surface area contributed by atoms with Gasteiger partial charge in [0.25, 0.3) is 0 Å². The van der Waals surface area contributed by atoms with Crippen LogP contribution in [0.4, 0.5) is 0 Å². The number of carboxylic acid groups (broad SMARTS) is 1. The maximum absolute atomic E-state index is 10.4. The van der Waals surface area contributed by atoms with E-state index in [0.29, 0.717) is 5.82 Å². The van der Waals surface area contributed by atoms with Gasteiger partial charge in [-0.2, -0.15) is 4.80 Å². The van der Waals surface area contributed by atoms with Crippen LogP contribution in [0.5, 0.6) is 0 Å². The highest BCUT2D eigenvalue weighted by Gasteiger charge is 2.06. The Balaban J connectivity index is 2.12. The first-order valence-corrected chi connectivity index (χ1v) is 5.70. The van der Waals surface area contributed by atoms with E-state index in [1.165, 1.54) is 4.80 Å². The number of halogens is 1. The molecule has 0 fully saturated rings. The number of benzene rings is 1. The van der Waals surface area contributed by atoms with Crippen molar-refractivity contribution in [2.75, 3.05) is 0 Å². The van der Waals surface area contributed by atoms with Crippen molar-refractivity contribution in [1.82, 2.24) is 20.2 Å². The molecule has 0 saturated heterocycles. The van der Waals surface area contributed by atoms with E-state index in [1.807, 2.05) is 24.3 Å². The third kappa shape index (κ3) is 3.10. The van der Waals surface area contributed by atoms with Gasteiger partial charge in [0.15, 0.2) is 0 Å². The van der Waals surface area contributed by atoms with Crippen LogP contribution in [0.1, 0.15) is 6.42 Å². The largest absolute Gasteiger partial charge is 0.481 e. The molecule has 88 valence electrons. The molecule has 17 heavy (non-hydrogen) atoms. The summed E-state index contributed by atoms with van der Waals surface area (Å²) in [6, 6.07) is 7.49. The molecule has 1 aromatic carbocycles. The molecule has 0 radical (unpaired) electrons. The Hall–Kier alpha value is -1.76. The van der Waals surface area contributed by atoms with Gasteiger partial charge in [0, 0.05) is 10.0 Å². The second-order valence-corrected chi connectivity index (χ2v) is 4.28. The van der Waals surface area contributed by atoms with Gasteiger partial charge in [0.05, 0.1) is 13.0 Å². The molecule has 1 aromatic heterocycles. The van der Waals surface area contributed by atoms with Crippen molar-refractivity contribution in [3.05, 3.63) is 28.7 Å². The zero-order valence-corrected chi connectivity index (χ0v) is 10.3. The van der Waals surface area contributed by atoms with E-state index in [4.69, 9.17) is 5.11 Å². The summed E-state index contributed by atoms with van der Waals surface area (Å²) in [6.45, 7) is 0.221. The molecule has 0 aliphatic rings. The highest BCUT2D eigenvalue weighted by Crippen LogP contribution is 2.17. The third-order valence-corrected chi connectivity index (χ3v) is 2.61. The van der Waals surface area contributed by atoms with Crippen LogP contribution in [-0.4, -0.2) is 31.3 Å². The number of rotatable bonds is 4. The van der Waals surface area contributed by atoms with Gasteiger partial charge in [0.1, 0.15) is 0 Å². The van der Waals surface area contributed by atoms with Gasteiger partial charge < -0.3 is 5.11 Å². The standard InChI is InChI=1S/C10H9BrN4O2/c11-8-3-1-7(2-4-8)10-12-14-15(13-10)6-5-9(16)17/h1-4H,5-6H2,(H,16,17). The summed E-state index contributed by atoms with van der Waals surface area (Å²) in [4.78, 5) is 11.7. The Bertz CT molecular complexity index is 523. The van der Waals surface area contributed by atoms with Crippen LogP contribution < -0.4 is 0 Å². The van der Waals surface area contributed by atoms with Gasteiger partial charge in [-0.25, -0.2) is 0 Å². The first-order chi connectivity index (χ1) is 8.15. The molecule has 2 rings (SSSR count). The maximum Gasteiger partial charge on any atom is 0.305 e. The minimum absolute atomic E-state index is 0.0177. The molecule has 2 aromatic rings. The maximum atomic E-state index is 10.4. The van der Waals surface area contributed by atoms with Crippen molar-refractivity contribution in [2.45, 2.75) is 13.0 Å². The molecule has 0 bridgehead atoms. The van der Waals surface area contributed by atoms with Gasteiger partial charge in [-0.15, -0.1) is 10.2 Å². The number of hydrogen-bond donors (Lipinski definition) is 1. The Kier molecular flexibility index (Phi) is 3.48. The summed E-state index contributed by atoms with van der Waals surface area (Å²) < 4.78 is 0.972. The van der Waals surface area contributed by atoms with Crippen molar-refractivity contribution < 1.29 is 9.90 Å². The van der Waals surface area contributed by atoms with Gasteiger partial charge in [-0.1, -0.05) is 15.9 Å². The predicted molar refractivity (Wildman–Crippen MR) is 63.2 cm³/mol. The molecule has 7 heteroatoms. The Morgan fingerprint density at radius 2 is 2.06 bits per heavy atom. The lowest BCUT2D eigenvalue weighted by Crippen LogP contribution is -2.07. The van der Waals surface area contributed by atoms with E-state index in [0.717, 1.165) is 10.0 Å². The molecule has 0 amide bonds. The van der Waals surface area contributed by atoms with E-state index < -0.39 is 5.97 Å². The molecule has 1 N–H and O–H groups in total. The number of aliphatic carboxylic acids is 1. The molecular weight excluding hydrogens is 288 g/mol. The Labute approximate surface area is 105 Å². The first kappa shape index (κ1) is 11.7. The Morgan fingerprint density at radius 3 is 2.71 bits per heavy atom. The summed E-state index contributed by atoms with van der Waals surface area (Å²) >= 11 is 3.34. The molecule has 6 nitrogen and oxygen atoms in total. The van der Waals surface area contributed by atoms with E-state index >= 15 is 0 Å². The third-order valence-electron chi connectivity index (χ3n) is 2.08. The van der Waals surface area contributed by atoms with Crippen LogP contribution in [0.25, 0.3) is 11.4 Å². The summed E-state index contributed by atoms with van der Waals surface area (Å²) in [5.74, 6) is -0.393. The van der Waals surface area contributed by atoms with Crippen molar-refractivity contribution in [1.29, 1.82) is 0 Å². The van der Waals surface area contributed by atoms with Crippen LogP contribution in [0.2, 0.25) is 0 Å². The number of carbonyl (C=O) groups is 1. The fourth-order valence-electron chi connectivity index (χ4n) is 1.25. The first-order valence-electron chi connectivity index (χ1n) is 4.91. The summed E-state index contributed by atoms with van der Waals surface area (Å²) in [5, 5.41) is 20.3. The molecule has 0 atom stereocenters. The lowest BCUT2D eigenvalue weighted by atomic mass is 10.2. The zero-order valence-electron chi connectivity index (χ0n) is 8.75. The van der Waals surface area contributed by atoms with Crippen molar-refractivity contribution in [3.8, 4) is 11.4 Å². The van der Waals surface area contributed by atoms with Crippen molar-refractivity contribution in [3.63, 3.8) is 0 Å². The highest BCUT2D eigenvalue weighted by molar-refractivity contribution is 9.10. The van der Waals surface area contributed by atoms with Gasteiger partial charge in [-0.05, 0) is 29.5 Å². The molecular formula is C10H9BrN4O2. The SMILES string of the molecule is O=C(O)CCn1nnc(-c2ccc(Br)cc2)n1. The summed E-state index contributed by atoms with van der Waals surface area (Å²) in [5.41, 5.74) is 0.842. The highest BCUT2D eigenvalue weighted by atomic mass is 79.9. The molecule has 0 saturated carbocycles. The summed E-state index contributed by atoms with van der Waals surface area (Å²) in [6.07, 6.45) is -0.0177. The fraction of sp³-hybridized carbons (Fsp3) is 0.200. The number of tetrazole rings is 1. The smallest absolute Gasteiger partial charge is 0.305 e. The fourth-order valence-corrected chi connectivity index (χ4v) is 1.51. The van der Waals surface area contributed by atoms with Crippen molar-refractivity contribution >= 4 is 21.9 Å². The second-order valence-electron chi connectivity index (χ2n) is 3.36. The van der Waals surface area contributed by atoms with Gasteiger partial charge in [-0.3, -0.25) is 4.79 Å². The topological polar surface area (TPSA) is 80.9 Å². The van der Waals surface area contributed by atoms with Gasteiger partial charge in [0.2, 0.25) is 5.82 Å². The lowest BCUT2D eigenvalue weighted by Gasteiger charge is -1.95. The molecule has 1 heterocycles. The Morgan fingerprint density at radius 1 is 1.35 bits per heavy atom. The predicted octanol–water partition coefficient (Wildman–Crippen LogP) is 1.58. The lowest BCUT2D eigenvalue weighted by molar-refractivity contribution is -0.137. The van der Waals surface area contributed by atoms with Gasteiger partial charge >= 0.3 is 5.97 Å². The van der Waals surface area contributed by atoms with E-state index in [2.05, 4.69) is 31.3 Å². The number of aryl methyl sites for hydroxylation is 1. The number of aromatic nitrogens is 4. The number of nitrogens with zero attached hydrogens (tertiary/aromatic N) is 4. The quantitative estimate of drug-likeness (QED) is 0.926. The van der Waals surface area contributed by atoms with Crippen molar-refractivity contribution in [2.24, 2.45) is 0 Å². The van der Waals surface area contributed by atoms with Crippen LogP contribution in [0.15, 0.2) is 28.7 Å². The molecule has 0 spiro atoms. The van der Waals surface area contributed by atoms with E-state index in [-0.39, 0.29) is 13.0 Å². The molecule has 0 aliphatic carbocycles. The average molecular weight is 297 g/mol. The monoisotopic (exact) mass is 296 g/mol. The van der Waals surface area contributed by atoms with Crippen LogP contribution in [0.3, 0.4) is 0 Å². The van der Waals surface area contributed by atoms with E-state index in [9.17, 15) is 4.79 Å². The van der Waals surface area contributed by atoms with Crippen LogP contribution >= 0.6 is 15.9 Å². The van der Waals surface area contributed by atoms with Crippen LogP contribution in [-0.2, 0) is 11.3 Å². The normalized spacial score (nSPS) is 10.4. The van der Waals surface area contributed by atoms with E-state index in [1.54, 1.807) is 0 Å². The zero-order chi connectivity index (χ0) is 12.3. The van der Waals surface area contributed by atoms with Crippen LogP contribution in [0, 0.1) is 0 Å². The second kappa shape index (κ2) is 5.05. The molecule has 0 aliphatic heterocycles. The average Bonchev–Trinajstić information content (AvgIpc) is 2.76. The minimum atomic E-state index is -0.882. The minimum Gasteiger partial charge on any atom is -0.481 e. The number of carboxylic acids is 1.